The van der Waals surface area contributed by atoms with E-state index in [1.165, 1.54) is 13.3 Å². The first-order chi connectivity index (χ1) is 18.4. The van der Waals surface area contributed by atoms with Gasteiger partial charge in [-0.05, 0) is 62.8 Å². The molecule has 0 spiro atoms. The Morgan fingerprint density at radius 3 is 2.55 bits per heavy atom. The number of carbonyl (C=O) groups excluding carboxylic acids is 2. The fraction of sp³-hybridized carbons (Fsp3) is 0.310. The zero-order valence-electron chi connectivity index (χ0n) is 21.0. The maximum Gasteiger partial charge on any atom is 0.196 e. The second-order valence-electron chi connectivity index (χ2n) is 9.74. The first-order valence-corrected chi connectivity index (χ1v) is 13.1. The third-order valence-electron chi connectivity index (χ3n) is 7.02. The van der Waals surface area contributed by atoms with Crippen LogP contribution >= 0.6 is 11.6 Å². The van der Waals surface area contributed by atoms with Gasteiger partial charge in [0, 0.05) is 30.3 Å². The molecule has 1 fully saturated rings. The maximum atomic E-state index is 13.6. The molecule has 2 heterocycles. The molecule has 5 rings (SSSR count). The van der Waals surface area contributed by atoms with Gasteiger partial charge in [0.2, 0.25) is 0 Å². The first kappa shape index (κ1) is 25.9. The highest BCUT2D eigenvalue weighted by Gasteiger charge is 2.26. The van der Waals surface area contributed by atoms with Gasteiger partial charge < -0.3 is 20.1 Å². The number of halogens is 1. The number of rotatable bonds is 9. The summed E-state index contributed by atoms with van der Waals surface area (Å²) in [5.74, 6) is 1.73. The number of aromatic nitrogens is 3. The van der Waals surface area contributed by atoms with Crippen molar-refractivity contribution in [2.24, 2.45) is 5.92 Å². The van der Waals surface area contributed by atoms with Gasteiger partial charge in [-0.1, -0.05) is 29.8 Å². The molecule has 0 radical (unpaired) electrons. The number of nitrogens with zero attached hydrogens (tertiary/aromatic N) is 2. The number of anilines is 1. The number of Topliss-reactive ketones (excluding diaryl/α,β-unsaturated/α-hetero) is 1. The zero-order chi connectivity index (χ0) is 26.6. The van der Waals surface area contributed by atoms with Crippen LogP contribution in [0.4, 0.5) is 5.82 Å². The molecule has 38 heavy (non-hydrogen) atoms. The van der Waals surface area contributed by atoms with Gasteiger partial charge in [0.15, 0.2) is 11.6 Å². The summed E-state index contributed by atoms with van der Waals surface area (Å²) in [5.41, 5.74) is 1.34. The van der Waals surface area contributed by atoms with Crippen LogP contribution in [0, 0.1) is 5.92 Å². The minimum atomic E-state index is -0.911. The molecule has 0 bridgehead atoms. The van der Waals surface area contributed by atoms with Gasteiger partial charge in [0.05, 0.1) is 16.0 Å². The number of aliphatic hydroxyl groups excluding tert-OH is 1. The molecule has 0 unspecified atom stereocenters. The molecule has 9 heteroatoms. The Balaban J connectivity index is 1.32. The van der Waals surface area contributed by atoms with Crippen LogP contribution in [0.5, 0.6) is 11.5 Å². The highest BCUT2D eigenvalue weighted by molar-refractivity contribution is 6.35. The molecule has 8 nitrogen and oxygen atoms in total. The van der Waals surface area contributed by atoms with E-state index >= 15 is 0 Å². The molecule has 1 saturated carbocycles. The topological polar surface area (TPSA) is 117 Å². The Kier molecular flexibility index (Phi) is 7.72. The van der Waals surface area contributed by atoms with Crippen molar-refractivity contribution < 1.29 is 19.4 Å². The Morgan fingerprint density at radius 1 is 1.08 bits per heavy atom. The summed E-state index contributed by atoms with van der Waals surface area (Å²) in [6.07, 6.45) is 6.10. The van der Waals surface area contributed by atoms with Crippen molar-refractivity contribution in [3.63, 3.8) is 0 Å². The summed E-state index contributed by atoms with van der Waals surface area (Å²) in [6.45, 7) is 1.52. The number of para-hydroxylation sites is 1. The number of hydrogen-bond acceptors (Lipinski definition) is 7. The number of carbonyl (C=O) groups is 2. The van der Waals surface area contributed by atoms with E-state index in [1.807, 2.05) is 30.3 Å². The van der Waals surface area contributed by atoms with Gasteiger partial charge in [-0.3, -0.25) is 9.59 Å². The third kappa shape index (κ3) is 5.71. The molecule has 0 amide bonds. The van der Waals surface area contributed by atoms with E-state index in [2.05, 4.69) is 20.3 Å². The van der Waals surface area contributed by atoms with E-state index < -0.39 is 6.10 Å². The van der Waals surface area contributed by atoms with Crippen molar-refractivity contribution in [2.45, 2.75) is 51.2 Å². The highest BCUT2D eigenvalue weighted by Crippen LogP contribution is 2.33. The van der Waals surface area contributed by atoms with Crippen molar-refractivity contribution >= 4 is 40.0 Å². The zero-order valence-corrected chi connectivity index (χ0v) is 21.7. The van der Waals surface area contributed by atoms with Crippen molar-refractivity contribution in [3.8, 4) is 11.5 Å². The minimum Gasteiger partial charge on any atom is -0.457 e. The van der Waals surface area contributed by atoms with Crippen LogP contribution in [0.15, 0.2) is 61.1 Å². The Morgan fingerprint density at radius 2 is 1.84 bits per heavy atom. The van der Waals surface area contributed by atoms with Crippen molar-refractivity contribution in [2.75, 3.05) is 5.32 Å². The standard InChI is InChI=1S/C29H29ClN4O4/c1-17(35)25(36)13-18-7-9-19(10-8-18)34-29-26-23(15-31-28(26)32-16-33-29)27(37)22-12-11-21(14-24(22)30)38-20-5-3-2-4-6-20/h2-6,11-12,14-19,35H,7-10,13H2,1H3,(H2,31,32,33,34)/t17-,18?,19?/m0/s1. The molecule has 4 aromatic rings. The van der Waals surface area contributed by atoms with Gasteiger partial charge in [-0.2, -0.15) is 0 Å². The van der Waals surface area contributed by atoms with Crippen molar-refractivity contribution in [1.29, 1.82) is 0 Å². The molecule has 1 aliphatic carbocycles. The predicted octanol–water partition coefficient (Wildman–Crippen LogP) is 5.95. The number of benzene rings is 2. The van der Waals surface area contributed by atoms with Crippen molar-refractivity contribution in [1.82, 2.24) is 15.0 Å². The van der Waals surface area contributed by atoms with Crippen LogP contribution < -0.4 is 10.1 Å². The van der Waals surface area contributed by atoms with Crippen LogP contribution in [0.3, 0.4) is 0 Å². The van der Waals surface area contributed by atoms with Gasteiger partial charge in [-0.25, -0.2) is 9.97 Å². The summed E-state index contributed by atoms with van der Waals surface area (Å²) in [6, 6.07) is 14.5. The first-order valence-electron chi connectivity index (χ1n) is 12.8. The molecular weight excluding hydrogens is 504 g/mol. The largest absolute Gasteiger partial charge is 0.457 e. The number of H-pyrrole nitrogens is 1. The van der Waals surface area contributed by atoms with Crippen LogP contribution in [-0.4, -0.2) is 43.8 Å². The molecular formula is C29H29ClN4O4. The van der Waals surface area contributed by atoms with Crippen LogP contribution in [0.25, 0.3) is 11.0 Å². The quantitative estimate of drug-likeness (QED) is 0.228. The average Bonchev–Trinajstić information content (AvgIpc) is 3.35. The number of hydrogen-bond donors (Lipinski definition) is 3. The fourth-order valence-corrected chi connectivity index (χ4v) is 5.18. The summed E-state index contributed by atoms with van der Waals surface area (Å²) in [4.78, 5) is 37.3. The molecule has 3 N–H and O–H groups in total. The molecule has 196 valence electrons. The van der Waals surface area contributed by atoms with E-state index in [1.54, 1.807) is 24.4 Å². The summed E-state index contributed by atoms with van der Waals surface area (Å²) >= 11 is 6.53. The fourth-order valence-electron chi connectivity index (χ4n) is 4.92. The Hall–Kier alpha value is -3.75. The lowest BCUT2D eigenvalue weighted by molar-refractivity contribution is -0.127. The van der Waals surface area contributed by atoms with Crippen LogP contribution in [0.1, 0.15) is 54.9 Å². The Labute approximate surface area is 225 Å². The van der Waals surface area contributed by atoms with E-state index in [4.69, 9.17) is 16.3 Å². The van der Waals surface area contributed by atoms with Gasteiger partial charge in [-0.15, -0.1) is 0 Å². The summed E-state index contributed by atoms with van der Waals surface area (Å²) in [7, 11) is 0. The Bertz CT molecular complexity index is 1450. The monoisotopic (exact) mass is 532 g/mol. The van der Waals surface area contributed by atoms with Crippen LogP contribution in [-0.2, 0) is 4.79 Å². The van der Waals surface area contributed by atoms with Gasteiger partial charge in [0.1, 0.15) is 35.4 Å². The minimum absolute atomic E-state index is 0.104. The molecule has 1 aliphatic rings. The molecule has 2 aromatic carbocycles. The molecule has 0 aliphatic heterocycles. The summed E-state index contributed by atoms with van der Waals surface area (Å²) in [5, 5.41) is 13.9. The van der Waals surface area contributed by atoms with E-state index in [-0.39, 0.29) is 28.5 Å². The molecule has 1 atom stereocenters. The van der Waals surface area contributed by atoms with E-state index in [0.717, 1.165) is 25.7 Å². The van der Waals surface area contributed by atoms with E-state index in [9.17, 15) is 14.7 Å². The number of ketones is 2. The number of nitrogens with one attached hydrogen (secondary N) is 2. The number of aliphatic hydroxyl groups is 1. The highest BCUT2D eigenvalue weighted by atomic mass is 35.5. The summed E-state index contributed by atoms with van der Waals surface area (Å²) < 4.78 is 5.84. The number of ether oxygens (including phenoxy) is 1. The average molecular weight is 533 g/mol. The number of aromatic amines is 1. The second kappa shape index (κ2) is 11.3. The molecule has 2 aromatic heterocycles. The predicted molar refractivity (Wildman–Crippen MR) is 146 cm³/mol. The van der Waals surface area contributed by atoms with Gasteiger partial charge >= 0.3 is 0 Å². The van der Waals surface area contributed by atoms with Gasteiger partial charge in [0.25, 0.3) is 0 Å². The lowest BCUT2D eigenvalue weighted by Gasteiger charge is -2.29. The van der Waals surface area contributed by atoms with Crippen molar-refractivity contribution in [3.05, 3.63) is 77.2 Å². The molecule has 0 saturated heterocycles. The normalized spacial score (nSPS) is 18.2. The van der Waals surface area contributed by atoms with Crippen LogP contribution in [0.2, 0.25) is 5.02 Å². The van der Waals surface area contributed by atoms with E-state index in [0.29, 0.717) is 45.9 Å². The third-order valence-corrected chi connectivity index (χ3v) is 7.33. The second-order valence-corrected chi connectivity index (χ2v) is 10.1. The smallest absolute Gasteiger partial charge is 0.196 e. The lowest BCUT2D eigenvalue weighted by atomic mass is 9.82. The maximum absolute atomic E-state index is 13.6. The SMILES string of the molecule is C[C@H](O)C(=O)CC1CCC(Nc2ncnc3[nH]cc(C(=O)c4ccc(Oc5ccccc5)cc4Cl)c23)CC1. The number of fused-ring (bicyclic) bond motifs is 1. The lowest BCUT2D eigenvalue weighted by Crippen LogP contribution is -2.29.